The molecule has 0 fully saturated rings. The molecule has 0 aliphatic heterocycles. The van der Waals surface area contributed by atoms with E-state index in [1.165, 1.54) is 41.5 Å². The van der Waals surface area contributed by atoms with E-state index in [0.717, 1.165) is 44.6 Å². The normalized spacial score (nSPS) is 11.8. The van der Waals surface area contributed by atoms with Crippen LogP contribution in [0.25, 0.3) is 44.6 Å². The van der Waals surface area contributed by atoms with Crippen molar-refractivity contribution < 1.29 is 0 Å². The van der Waals surface area contributed by atoms with Gasteiger partial charge in [-0.15, -0.1) is 0 Å². The maximum atomic E-state index is 5.70. The summed E-state index contributed by atoms with van der Waals surface area (Å²) < 4.78 is 0. The Balaban J connectivity index is 1.36. The van der Waals surface area contributed by atoms with Gasteiger partial charge in [0.05, 0.1) is 33.8 Å². The van der Waals surface area contributed by atoms with Crippen LogP contribution in [0, 0.1) is 0 Å². The maximum absolute atomic E-state index is 5.70. The van der Waals surface area contributed by atoms with Crippen LogP contribution in [-0.4, -0.2) is 36.1 Å². The van der Waals surface area contributed by atoms with Gasteiger partial charge >= 0.3 is 0 Å². The van der Waals surface area contributed by atoms with E-state index >= 15 is 0 Å². The van der Waals surface area contributed by atoms with Crippen LogP contribution in [0.1, 0.15) is 0 Å². The van der Waals surface area contributed by atoms with E-state index < -0.39 is 16.1 Å². The number of benzene rings is 7. The van der Waals surface area contributed by atoms with Gasteiger partial charge in [0.25, 0.3) is 0 Å². The fourth-order valence-electron chi connectivity index (χ4n) is 9.95. The second kappa shape index (κ2) is 16.8. The number of pyridine rings is 4. The minimum Gasteiger partial charge on any atom is -0.255 e. The van der Waals surface area contributed by atoms with Crippen LogP contribution in [0.4, 0.5) is 0 Å². The lowest BCUT2D eigenvalue weighted by molar-refractivity contribution is 1.27. The van der Waals surface area contributed by atoms with Gasteiger partial charge in [-0.2, -0.15) is 0 Å². The van der Waals surface area contributed by atoms with Crippen molar-refractivity contribution in [2.45, 2.75) is 0 Å². The Morgan fingerprint density at radius 3 is 0.766 bits per heavy atom. The topological polar surface area (TPSA) is 51.6 Å². The van der Waals surface area contributed by atoms with Crippen LogP contribution in [0.3, 0.4) is 0 Å². The van der Waals surface area contributed by atoms with Gasteiger partial charge in [0.1, 0.15) is 0 Å². The lowest BCUT2D eigenvalue weighted by Gasteiger charge is -2.36. The lowest BCUT2D eigenvalue weighted by Crippen LogP contribution is -2.75. The standard InChI is InChI=1S/C58H42N4Si2/c1-7-23-43(24-8-1)63(44-25-9-2-10-26-44,45-27-11-3-12-28-45)55-41-53(51-35-19-21-39-59-51)61-57-49(55)37-38-50-56(42-54(62-58(50)57)52-36-20-22-40-60-52)64(46-29-13-4-14-30-46,47-31-15-5-16-32-47)48-33-17-6-18-34-48/h1-42H. The molecular weight excluding hydrogens is 809 g/mol. The van der Waals surface area contributed by atoms with Crippen molar-refractivity contribution in [1.29, 1.82) is 0 Å². The molecule has 11 rings (SSSR count). The molecule has 0 unspecified atom stereocenters. The molecule has 4 aromatic heterocycles. The van der Waals surface area contributed by atoms with Gasteiger partial charge in [0.15, 0.2) is 16.1 Å². The lowest BCUT2D eigenvalue weighted by atomic mass is 10.1. The second-order valence-corrected chi connectivity index (χ2v) is 23.6. The number of hydrogen-bond acceptors (Lipinski definition) is 4. The van der Waals surface area contributed by atoms with Gasteiger partial charge in [0, 0.05) is 23.2 Å². The summed E-state index contributed by atoms with van der Waals surface area (Å²) >= 11 is 0. The highest BCUT2D eigenvalue weighted by atomic mass is 28.3. The summed E-state index contributed by atoms with van der Waals surface area (Å²) in [4.78, 5) is 21.3. The summed E-state index contributed by atoms with van der Waals surface area (Å²) in [6, 6.07) is 88.1. The van der Waals surface area contributed by atoms with Crippen molar-refractivity contribution >= 4 is 79.4 Å². The first-order valence-corrected chi connectivity index (χ1v) is 25.7. The Kier molecular flexibility index (Phi) is 10.2. The van der Waals surface area contributed by atoms with Crippen LogP contribution in [0.15, 0.2) is 255 Å². The van der Waals surface area contributed by atoms with Crippen molar-refractivity contribution in [2.75, 3.05) is 0 Å². The molecule has 0 saturated heterocycles. The summed E-state index contributed by atoms with van der Waals surface area (Å²) in [5.74, 6) is 0. The van der Waals surface area contributed by atoms with E-state index in [9.17, 15) is 0 Å². The van der Waals surface area contributed by atoms with E-state index in [0.29, 0.717) is 0 Å². The predicted molar refractivity (Wildman–Crippen MR) is 271 cm³/mol. The first-order valence-electron chi connectivity index (χ1n) is 21.7. The van der Waals surface area contributed by atoms with E-state index in [1.54, 1.807) is 0 Å². The third-order valence-electron chi connectivity index (χ3n) is 12.7. The molecule has 0 bridgehead atoms. The van der Waals surface area contributed by atoms with Gasteiger partial charge in [0.2, 0.25) is 0 Å². The zero-order valence-electron chi connectivity index (χ0n) is 35.0. The molecule has 0 N–H and O–H groups in total. The first-order chi connectivity index (χ1) is 31.8. The highest BCUT2D eigenvalue weighted by molar-refractivity contribution is 7.21. The molecular formula is C58H42N4Si2. The van der Waals surface area contributed by atoms with Crippen LogP contribution >= 0.6 is 0 Å². The average Bonchev–Trinajstić information content (AvgIpc) is 3.39. The molecule has 0 aliphatic carbocycles. The molecule has 64 heavy (non-hydrogen) atoms. The third kappa shape index (κ3) is 6.51. The molecule has 7 aromatic carbocycles. The Labute approximate surface area is 375 Å². The zero-order chi connectivity index (χ0) is 42.8. The molecule has 302 valence electrons. The van der Waals surface area contributed by atoms with Crippen LogP contribution in [0.5, 0.6) is 0 Å². The van der Waals surface area contributed by atoms with Crippen LogP contribution in [-0.2, 0) is 0 Å². The zero-order valence-corrected chi connectivity index (χ0v) is 37.0. The molecule has 4 nitrogen and oxygen atoms in total. The number of hydrogen-bond donors (Lipinski definition) is 0. The van der Waals surface area contributed by atoms with Gasteiger partial charge in [-0.05, 0) is 77.9 Å². The fraction of sp³-hybridized carbons (Fsp3) is 0. The summed E-state index contributed by atoms with van der Waals surface area (Å²) in [5.41, 5.74) is 4.90. The van der Waals surface area contributed by atoms with Crippen molar-refractivity contribution in [1.82, 2.24) is 19.9 Å². The summed E-state index contributed by atoms with van der Waals surface area (Å²) in [7, 11) is -6.20. The van der Waals surface area contributed by atoms with E-state index in [-0.39, 0.29) is 0 Å². The van der Waals surface area contributed by atoms with Gasteiger partial charge in [-0.3, -0.25) is 9.97 Å². The predicted octanol–water partition coefficient (Wildman–Crippen LogP) is 7.66. The minimum absolute atomic E-state index is 0.805. The van der Waals surface area contributed by atoms with Crippen LogP contribution < -0.4 is 41.5 Å². The second-order valence-electron chi connectivity index (χ2n) is 16.1. The Hall–Kier alpha value is -7.91. The Morgan fingerprint density at radius 1 is 0.250 bits per heavy atom. The molecule has 0 spiro atoms. The minimum atomic E-state index is -3.10. The van der Waals surface area contributed by atoms with Crippen molar-refractivity contribution in [2.24, 2.45) is 0 Å². The SMILES string of the molecule is c1ccc([Si](c2ccccc2)(c2ccccc2)c2cc(-c3ccccn3)nc3c2ccc2c([Si](c4ccccc4)(c4ccccc4)c4ccccc4)cc(-c4ccccn4)nc23)cc1. The summed E-state index contributed by atoms with van der Waals surface area (Å²) in [5, 5.41) is 12.3. The number of nitrogens with zero attached hydrogens (tertiary/aromatic N) is 4. The van der Waals surface area contributed by atoms with Gasteiger partial charge in [-0.1, -0.05) is 206 Å². The molecule has 0 amide bonds. The smallest absolute Gasteiger partial charge is 0.180 e. The van der Waals surface area contributed by atoms with Crippen LogP contribution in [0.2, 0.25) is 0 Å². The Morgan fingerprint density at radius 2 is 0.516 bits per heavy atom. The maximum Gasteiger partial charge on any atom is 0.180 e. The summed E-state index contributed by atoms with van der Waals surface area (Å²) in [6.07, 6.45) is 3.71. The molecule has 0 aliphatic rings. The highest BCUT2D eigenvalue weighted by Crippen LogP contribution is 2.30. The number of aromatic nitrogens is 4. The average molecular weight is 851 g/mol. The molecule has 6 heteroatoms. The molecule has 0 atom stereocenters. The molecule has 11 aromatic rings. The molecule has 0 saturated carbocycles. The van der Waals surface area contributed by atoms with Crippen molar-refractivity contribution in [3.63, 3.8) is 0 Å². The monoisotopic (exact) mass is 850 g/mol. The van der Waals surface area contributed by atoms with E-state index in [4.69, 9.17) is 19.9 Å². The van der Waals surface area contributed by atoms with Gasteiger partial charge < -0.3 is 0 Å². The number of rotatable bonds is 10. The third-order valence-corrected chi connectivity index (χ3v) is 22.3. The molecule has 4 heterocycles. The van der Waals surface area contributed by atoms with E-state index in [2.05, 4.69) is 218 Å². The fourth-order valence-corrected chi connectivity index (χ4v) is 19.9. The van der Waals surface area contributed by atoms with Crippen molar-refractivity contribution in [3.8, 4) is 22.8 Å². The van der Waals surface area contributed by atoms with Crippen molar-refractivity contribution in [3.05, 3.63) is 255 Å². The quantitative estimate of drug-likeness (QED) is 0.0807. The first kappa shape index (κ1) is 39.0. The number of fused-ring (bicyclic) bond motifs is 3. The Bertz CT molecular complexity index is 2920. The van der Waals surface area contributed by atoms with E-state index in [1.807, 2.05) is 36.7 Å². The highest BCUT2D eigenvalue weighted by Gasteiger charge is 2.45. The summed E-state index contributed by atoms with van der Waals surface area (Å²) in [6.45, 7) is 0. The molecule has 0 radical (unpaired) electrons. The van der Waals surface area contributed by atoms with Gasteiger partial charge in [-0.25, -0.2) is 9.97 Å². The largest absolute Gasteiger partial charge is 0.255 e.